The fourth-order valence-corrected chi connectivity index (χ4v) is 4.34. The van der Waals surface area contributed by atoms with Crippen molar-refractivity contribution in [1.29, 1.82) is 0 Å². The summed E-state index contributed by atoms with van der Waals surface area (Å²) in [4.78, 5) is 24.4. The first kappa shape index (κ1) is 22.8. The smallest absolute Gasteiger partial charge is 0.248 e. The second-order valence-electron chi connectivity index (χ2n) is 7.00. The molecule has 33 heavy (non-hydrogen) atoms. The topological polar surface area (TPSA) is 88.9 Å². The van der Waals surface area contributed by atoms with Crippen LogP contribution in [0.3, 0.4) is 0 Å². The number of hydrogen-bond acceptors (Lipinski definition) is 5. The lowest BCUT2D eigenvalue weighted by molar-refractivity contribution is -0.127. The van der Waals surface area contributed by atoms with E-state index in [0.717, 1.165) is 21.3 Å². The molecule has 0 aliphatic carbocycles. The van der Waals surface area contributed by atoms with Gasteiger partial charge in [0.2, 0.25) is 11.8 Å². The monoisotopic (exact) mass is 521 g/mol. The molecule has 1 aromatic heterocycles. The highest BCUT2D eigenvalue weighted by Gasteiger charge is 2.18. The first-order valence-corrected chi connectivity index (χ1v) is 11.9. The van der Waals surface area contributed by atoms with Gasteiger partial charge in [-0.3, -0.25) is 25.0 Å². The van der Waals surface area contributed by atoms with Gasteiger partial charge in [-0.1, -0.05) is 94.4 Å². The van der Waals surface area contributed by atoms with Gasteiger partial charge in [0, 0.05) is 15.7 Å². The van der Waals surface area contributed by atoms with Gasteiger partial charge in [0.25, 0.3) is 0 Å². The molecule has 2 N–H and O–H groups in total. The summed E-state index contributed by atoms with van der Waals surface area (Å²) >= 11 is 4.81. The molecule has 1 heterocycles. The number of carbonyl (C=O) groups excluding carboxylic acids is 2. The largest absolute Gasteiger partial charge is 0.273 e. The third-order valence-corrected chi connectivity index (χ3v) is 6.26. The quantitative estimate of drug-likeness (QED) is 0.281. The van der Waals surface area contributed by atoms with Crippen LogP contribution >= 0.6 is 27.7 Å². The molecule has 0 atom stereocenters. The van der Waals surface area contributed by atoms with Crippen molar-refractivity contribution in [2.75, 3.05) is 5.75 Å². The summed E-state index contributed by atoms with van der Waals surface area (Å²) in [5.74, 6) is 0.0921. The zero-order valence-corrected chi connectivity index (χ0v) is 19.8. The number of nitrogens with zero attached hydrogens (tertiary/aromatic N) is 3. The molecule has 2 amide bonds. The van der Waals surface area contributed by atoms with Gasteiger partial charge in [0.1, 0.15) is 0 Å². The van der Waals surface area contributed by atoms with Crippen LogP contribution in [0.5, 0.6) is 0 Å². The first-order chi connectivity index (χ1) is 16.1. The number of halogens is 1. The number of carbonyl (C=O) groups is 2. The number of hydrazine groups is 1. The molecular formula is C24H20BrN5O2S. The number of para-hydroxylation sites is 1. The molecule has 0 unspecified atom stereocenters. The van der Waals surface area contributed by atoms with Crippen molar-refractivity contribution >= 4 is 39.5 Å². The van der Waals surface area contributed by atoms with Crippen molar-refractivity contribution in [1.82, 2.24) is 25.6 Å². The number of benzene rings is 3. The van der Waals surface area contributed by atoms with Crippen LogP contribution in [0.1, 0.15) is 5.56 Å². The van der Waals surface area contributed by atoms with E-state index >= 15 is 0 Å². The average Bonchev–Trinajstić information content (AvgIpc) is 3.26. The van der Waals surface area contributed by atoms with Gasteiger partial charge in [-0.05, 0) is 23.8 Å². The Morgan fingerprint density at radius 1 is 0.818 bits per heavy atom. The second kappa shape index (κ2) is 10.9. The van der Waals surface area contributed by atoms with Crippen molar-refractivity contribution in [2.45, 2.75) is 11.6 Å². The minimum atomic E-state index is -0.341. The molecule has 9 heteroatoms. The fraction of sp³-hybridized carbons (Fsp3) is 0.0833. The van der Waals surface area contributed by atoms with Crippen LogP contribution in [0.15, 0.2) is 94.6 Å². The molecule has 4 aromatic rings. The minimum Gasteiger partial charge on any atom is -0.273 e. The third-order valence-electron chi connectivity index (χ3n) is 4.64. The van der Waals surface area contributed by atoms with Crippen LogP contribution in [-0.4, -0.2) is 32.3 Å². The fourth-order valence-electron chi connectivity index (χ4n) is 3.12. The highest BCUT2D eigenvalue weighted by molar-refractivity contribution is 9.10. The van der Waals surface area contributed by atoms with Crippen molar-refractivity contribution < 1.29 is 9.59 Å². The Balaban J connectivity index is 1.44. The van der Waals surface area contributed by atoms with E-state index < -0.39 is 0 Å². The third kappa shape index (κ3) is 5.88. The van der Waals surface area contributed by atoms with Gasteiger partial charge in [-0.25, -0.2) is 0 Å². The summed E-state index contributed by atoms with van der Waals surface area (Å²) in [7, 11) is 0. The van der Waals surface area contributed by atoms with E-state index in [1.807, 2.05) is 89.5 Å². The SMILES string of the molecule is O=C(CSc1nnc(-c2ccccc2Br)n1-c1ccccc1)NNC(=O)Cc1ccccc1. The van der Waals surface area contributed by atoms with Crippen molar-refractivity contribution in [2.24, 2.45) is 0 Å². The molecule has 166 valence electrons. The lowest BCUT2D eigenvalue weighted by Gasteiger charge is -2.11. The number of hydrogen-bond donors (Lipinski definition) is 2. The number of nitrogens with one attached hydrogen (secondary N) is 2. The molecule has 0 fully saturated rings. The lowest BCUT2D eigenvalue weighted by atomic mass is 10.1. The van der Waals surface area contributed by atoms with Gasteiger partial charge >= 0.3 is 0 Å². The van der Waals surface area contributed by atoms with Crippen LogP contribution in [0, 0.1) is 0 Å². The molecular weight excluding hydrogens is 502 g/mol. The van der Waals surface area contributed by atoms with Crippen molar-refractivity contribution in [3.8, 4) is 17.1 Å². The van der Waals surface area contributed by atoms with Crippen LogP contribution < -0.4 is 10.9 Å². The summed E-state index contributed by atoms with van der Waals surface area (Å²) in [6, 6.07) is 26.8. The van der Waals surface area contributed by atoms with Crippen LogP contribution in [0.25, 0.3) is 17.1 Å². The zero-order valence-electron chi connectivity index (χ0n) is 17.4. The van der Waals surface area contributed by atoms with E-state index in [9.17, 15) is 9.59 Å². The summed E-state index contributed by atoms with van der Waals surface area (Å²) < 4.78 is 2.80. The van der Waals surface area contributed by atoms with E-state index in [4.69, 9.17) is 0 Å². The van der Waals surface area contributed by atoms with Gasteiger partial charge in [-0.15, -0.1) is 10.2 Å². The van der Waals surface area contributed by atoms with Crippen LogP contribution in [0.2, 0.25) is 0 Å². The molecule has 0 saturated carbocycles. The maximum atomic E-state index is 12.3. The Morgan fingerprint density at radius 3 is 2.18 bits per heavy atom. The molecule has 0 bridgehead atoms. The number of thioether (sulfide) groups is 1. The number of aromatic nitrogens is 3. The van der Waals surface area contributed by atoms with Crippen LogP contribution in [-0.2, 0) is 16.0 Å². The van der Waals surface area contributed by atoms with Crippen molar-refractivity contribution in [3.63, 3.8) is 0 Å². The molecule has 0 radical (unpaired) electrons. The number of amides is 2. The summed E-state index contributed by atoms with van der Waals surface area (Å²) in [6.45, 7) is 0. The molecule has 0 aliphatic rings. The molecule has 0 aliphatic heterocycles. The van der Waals surface area contributed by atoms with Gasteiger partial charge in [-0.2, -0.15) is 0 Å². The standard InChI is InChI=1S/C24H20BrN5O2S/c25-20-14-8-7-13-19(20)23-28-29-24(30(23)18-11-5-2-6-12-18)33-16-22(32)27-26-21(31)15-17-9-3-1-4-10-17/h1-14H,15-16H2,(H,26,31)(H,27,32). The maximum Gasteiger partial charge on any atom is 0.248 e. The van der Waals surface area contributed by atoms with E-state index in [-0.39, 0.29) is 24.0 Å². The van der Waals surface area contributed by atoms with Gasteiger partial charge in [0.15, 0.2) is 11.0 Å². The van der Waals surface area contributed by atoms with Crippen molar-refractivity contribution in [3.05, 3.63) is 95.0 Å². The molecule has 4 rings (SSSR count). The molecule has 7 nitrogen and oxygen atoms in total. The second-order valence-corrected chi connectivity index (χ2v) is 8.80. The van der Waals surface area contributed by atoms with E-state index in [1.165, 1.54) is 11.8 Å². The van der Waals surface area contributed by atoms with Crippen LogP contribution in [0.4, 0.5) is 0 Å². The summed E-state index contributed by atoms with van der Waals surface area (Å²) in [5.41, 5.74) is 7.55. The Bertz CT molecular complexity index is 1250. The van der Waals surface area contributed by atoms with E-state index in [2.05, 4.69) is 37.0 Å². The molecule has 0 spiro atoms. The average molecular weight is 522 g/mol. The van der Waals surface area contributed by atoms with Gasteiger partial charge < -0.3 is 0 Å². The van der Waals surface area contributed by atoms with E-state index in [0.29, 0.717) is 11.0 Å². The Hall–Kier alpha value is -3.43. The van der Waals surface area contributed by atoms with Gasteiger partial charge in [0.05, 0.1) is 12.2 Å². The Morgan fingerprint density at radius 2 is 1.45 bits per heavy atom. The first-order valence-electron chi connectivity index (χ1n) is 10.1. The summed E-state index contributed by atoms with van der Waals surface area (Å²) in [5, 5.41) is 9.27. The summed E-state index contributed by atoms with van der Waals surface area (Å²) in [6.07, 6.45) is 0.186. The predicted octanol–water partition coefficient (Wildman–Crippen LogP) is 4.18. The normalized spacial score (nSPS) is 10.6. The van der Waals surface area contributed by atoms with E-state index in [1.54, 1.807) is 0 Å². The lowest BCUT2D eigenvalue weighted by Crippen LogP contribution is -2.43. The Kier molecular flexibility index (Phi) is 7.54. The minimum absolute atomic E-state index is 0.0620. The highest BCUT2D eigenvalue weighted by atomic mass is 79.9. The molecule has 0 saturated heterocycles. The predicted molar refractivity (Wildman–Crippen MR) is 132 cm³/mol. The highest BCUT2D eigenvalue weighted by Crippen LogP contribution is 2.31. The molecule has 3 aromatic carbocycles. The number of rotatable bonds is 7. The zero-order chi connectivity index (χ0) is 23.0. The Labute approximate surface area is 203 Å². The maximum absolute atomic E-state index is 12.3.